The molecule has 0 unspecified atom stereocenters. The number of allylic oxidation sites excluding steroid dienone is 1. The first kappa shape index (κ1) is 10.5. The number of halogens is 1. The van der Waals surface area contributed by atoms with E-state index in [2.05, 4.69) is 4.29 Å². The van der Waals surface area contributed by atoms with Crippen molar-refractivity contribution in [1.29, 1.82) is 0 Å². The Labute approximate surface area is 72.4 Å². The maximum absolute atomic E-state index is 11.3. The normalized spacial score (nSPS) is 13.0. The zero-order valence-corrected chi connectivity index (χ0v) is 8.03. The lowest BCUT2D eigenvalue weighted by Crippen LogP contribution is -2.20. The standard InChI is InChI=1S/C8H13ClO2/c1-6(5-11-9)7(10)8(2,3)4/h5H,1-4H3. The van der Waals surface area contributed by atoms with E-state index >= 15 is 0 Å². The van der Waals surface area contributed by atoms with Gasteiger partial charge in [0.25, 0.3) is 0 Å². The average molecular weight is 177 g/mol. The Bertz CT molecular complexity index is 177. The van der Waals surface area contributed by atoms with Crippen molar-refractivity contribution in [2.45, 2.75) is 27.7 Å². The molecule has 0 heterocycles. The van der Waals surface area contributed by atoms with E-state index in [1.54, 1.807) is 6.92 Å². The molecule has 0 aliphatic heterocycles. The third-order valence-corrected chi connectivity index (χ3v) is 1.35. The molecule has 0 radical (unpaired) electrons. The van der Waals surface area contributed by atoms with E-state index in [0.29, 0.717) is 5.57 Å². The number of ketones is 1. The topological polar surface area (TPSA) is 26.3 Å². The molecule has 0 aliphatic rings. The second kappa shape index (κ2) is 3.77. The van der Waals surface area contributed by atoms with Crippen LogP contribution < -0.4 is 0 Å². The highest BCUT2D eigenvalue weighted by Gasteiger charge is 2.22. The molecule has 0 aliphatic carbocycles. The maximum Gasteiger partial charge on any atom is 0.167 e. The van der Waals surface area contributed by atoms with Gasteiger partial charge in [-0.05, 0) is 6.92 Å². The van der Waals surface area contributed by atoms with Gasteiger partial charge in [-0.2, -0.15) is 0 Å². The second-order valence-electron chi connectivity index (χ2n) is 3.47. The minimum atomic E-state index is -0.365. The highest BCUT2D eigenvalue weighted by molar-refractivity contribution is 6.08. The van der Waals surface area contributed by atoms with Crippen LogP contribution in [0.5, 0.6) is 0 Å². The first-order chi connectivity index (χ1) is 4.89. The molecule has 11 heavy (non-hydrogen) atoms. The van der Waals surface area contributed by atoms with Gasteiger partial charge in [0, 0.05) is 11.0 Å². The molecule has 0 rings (SSSR count). The van der Waals surface area contributed by atoms with Crippen molar-refractivity contribution in [3.8, 4) is 0 Å². The summed E-state index contributed by atoms with van der Waals surface area (Å²) in [5.74, 6) is 0.0400. The summed E-state index contributed by atoms with van der Waals surface area (Å²) < 4.78 is 4.21. The molecular formula is C8H13ClO2. The monoisotopic (exact) mass is 176 g/mol. The van der Waals surface area contributed by atoms with Gasteiger partial charge in [0.1, 0.15) is 18.1 Å². The van der Waals surface area contributed by atoms with E-state index in [4.69, 9.17) is 11.9 Å². The molecule has 0 saturated heterocycles. The lowest BCUT2D eigenvalue weighted by molar-refractivity contribution is -0.122. The maximum atomic E-state index is 11.3. The molecule has 3 heteroatoms. The number of hydrogen-bond donors (Lipinski definition) is 0. The predicted molar refractivity (Wildman–Crippen MR) is 45.2 cm³/mol. The van der Waals surface area contributed by atoms with E-state index in [1.807, 2.05) is 20.8 Å². The van der Waals surface area contributed by atoms with Crippen molar-refractivity contribution in [3.63, 3.8) is 0 Å². The van der Waals surface area contributed by atoms with E-state index < -0.39 is 0 Å². The van der Waals surface area contributed by atoms with Crippen LogP contribution in [-0.2, 0) is 9.08 Å². The summed E-state index contributed by atoms with van der Waals surface area (Å²) in [6, 6.07) is 0. The molecule has 0 aromatic carbocycles. The minimum absolute atomic E-state index is 0.0400. The van der Waals surface area contributed by atoms with Gasteiger partial charge in [0.2, 0.25) is 0 Å². The summed E-state index contributed by atoms with van der Waals surface area (Å²) >= 11 is 4.96. The Morgan fingerprint density at radius 2 is 1.91 bits per heavy atom. The molecule has 0 amide bonds. The highest BCUT2D eigenvalue weighted by Crippen LogP contribution is 2.19. The molecule has 64 valence electrons. The van der Waals surface area contributed by atoms with Crippen molar-refractivity contribution in [2.75, 3.05) is 0 Å². The van der Waals surface area contributed by atoms with Crippen LogP contribution in [0.25, 0.3) is 0 Å². The molecule has 0 saturated carbocycles. The van der Waals surface area contributed by atoms with Crippen molar-refractivity contribution >= 4 is 17.6 Å². The van der Waals surface area contributed by atoms with Crippen LogP contribution in [0, 0.1) is 5.41 Å². The molecule has 0 spiro atoms. The Morgan fingerprint density at radius 1 is 1.45 bits per heavy atom. The van der Waals surface area contributed by atoms with Crippen LogP contribution in [-0.4, -0.2) is 5.78 Å². The van der Waals surface area contributed by atoms with Gasteiger partial charge in [-0.15, -0.1) is 0 Å². The van der Waals surface area contributed by atoms with E-state index in [0.717, 1.165) is 0 Å². The summed E-state index contributed by atoms with van der Waals surface area (Å²) in [7, 11) is 0. The van der Waals surface area contributed by atoms with Crippen LogP contribution >= 0.6 is 11.9 Å². The molecule has 0 fully saturated rings. The quantitative estimate of drug-likeness (QED) is 0.478. The zero-order chi connectivity index (χ0) is 9.07. The number of carbonyl (C=O) groups is 1. The van der Waals surface area contributed by atoms with Gasteiger partial charge in [-0.25, -0.2) is 0 Å². The Morgan fingerprint density at radius 3 is 2.18 bits per heavy atom. The molecule has 0 aromatic heterocycles. The Hall–Kier alpha value is -0.500. The molecule has 0 N–H and O–H groups in total. The fraction of sp³-hybridized carbons (Fsp3) is 0.625. The van der Waals surface area contributed by atoms with Crippen molar-refractivity contribution in [3.05, 3.63) is 11.8 Å². The molecule has 0 bridgehead atoms. The number of carbonyl (C=O) groups excluding carboxylic acids is 1. The van der Waals surface area contributed by atoms with E-state index in [-0.39, 0.29) is 11.2 Å². The van der Waals surface area contributed by atoms with Crippen LogP contribution in [0.2, 0.25) is 0 Å². The van der Waals surface area contributed by atoms with Gasteiger partial charge < -0.3 is 4.29 Å². The fourth-order valence-electron chi connectivity index (χ4n) is 0.712. The third-order valence-electron chi connectivity index (χ3n) is 1.26. The van der Waals surface area contributed by atoms with Gasteiger partial charge in [-0.3, -0.25) is 4.79 Å². The predicted octanol–water partition coefficient (Wildman–Crippen LogP) is 2.68. The molecule has 0 aromatic rings. The minimum Gasteiger partial charge on any atom is -0.393 e. The highest BCUT2D eigenvalue weighted by atomic mass is 35.5. The zero-order valence-electron chi connectivity index (χ0n) is 7.27. The summed E-state index contributed by atoms with van der Waals surface area (Å²) in [5.41, 5.74) is 0.170. The van der Waals surface area contributed by atoms with Gasteiger partial charge in [0.05, 0.1) is 0 Å². The van der Waals surface area contributed by atoms with Gasteiger partial charge >= 0.3 is 0 Å². The largest absolute Gasteiger partial charge is 0.393 e. The fourth-order valence-corrected chi connectivity index (χ4v) is 0.845. The summed E-state index contributed by atoms with van der Waals surface area (Å²) in [5, 5.41) is 0. The summed E-state index contributed by atoms with van der Waals surface area (Å²) in [6.45, 7) is 7.22. The van der Waals surface area contributed by atoms with Gasteiger partial charge in [0.15, 0.2) is 5.78 Å². The van der Waals surface area contributed by atoms with Crippen molar-refractivity contribution in [2.24, 2.45) is 5.41 Å². The molecule has 2 nitrogen and oxygen atoms in total. The smallest absolute Gasteiger partial charge is 0.167 e. The SMILES string of the molecule is CC(=COCl)C(=O)C(C)(C)C. The van der Waals surface area contributed by atoms with Crippen molar-refractivity contribution in [1.82, 2.24) is 0 Å². The number of Topliss-reactive ketones (excluding diaryl/α,β-unsaturated/α-hetero) is 1. The van der Waals surface area contributed by atoms with Gasteiger partial charge in [-0.1, -0.05) is 20.8 Å². The Balaban J connectivity index is 4.39. The lowest BCUT2D eigenvalue weighted by Gasteiger charge is -2.15. The van der Waals surface area contributed by atoms with Crippen molar-refractivity contribution < 1.29 is 9.08 Å². The van der Waals surface area contributed by atoms with Crippen LogP contribution in [0.1, 0.15) is 27.7 Å². The average Bonchev–Trinajstić information content (AvgIpc) is 1.85. The van der Waals surface area contributed by atoms with E-state index in [9.17, 15) is 4.79 Å². The molecular weight excluding hydrogens is 164 g/mol. The first-order valence-corrected chi connectivity index (χ1v) is 3.69. The van der Waals surface area contributed by atoms with Crippen LogP contribution in [0.3, 0.4) is 0 Å². The summed E-state index contributed by atoms with van der Waals surface area (Å²) in [4.78, 5) is 11.3. The number of hydrogen-bond acceptors (Lipinski definition) is 2. The third kappa shape index (κ3) is 3.42. The summed E-state index contributed by atoms with van der Waals surface area (Å²) in [6.07, 6.45) is 1.25. The Kier molecular flexibility index (Phi) is 3.59. The van der Waals surface area contributed by atoms with E-state index in [1.165, 1.54) is 6.26 Å². The lowest BCUT2D eigenvalue weighted by atomic mass is 9.87. The van der Waals surface area contributed by atoms with Crippen LogP contribution in [0.15, 0.2) is 11.8 Å². The molecule has 0 atom stereocenters. The second-order valence-corrected chi connectivity index (χ2v) is 3.65. The van der Waals surface area contributed by atoms with Crippen LogP contribution in [0.4, 0.5) is 0 Å². The number of rotatable bonds is 2. The first-order valence-electron chi connectivity index (χ1n) is 3.38.